The molecule has 222 valence electrons. The van der Waals surface area contributed by atoms with E-state index in [1.165, 1.54) is 6.07 Å². The van der Waals surface area contributed by atoms with Crippen molar-refractivity contribution in [1.82, 2.24) is 9.47 Å². The van der Waals surface area contributed by atoms with Gasteiger partial charge in [0, 0.05) is 43.8 Å². The minimum absolute atomic E-state index is 0.0396. The van der Waals surface area contributed by atoms with Crippen molar-refractivity contribution in [3.8, 4) is 5.75 Å². The molecule has 3 heterocycles. The lowest BCUT2D eigenvalue weighted by Crippen LogP contribution is -2.52. The molecule has 0 spiro atoms. The van der Waals surface area contributed by atoms with Crippen molar-refractivity contribution >= 4 is 35.1 Å². The third-order valence-corrected chi connectivity index (χ3v) is 8.46. The van der Waals surface area contributed by atoms with Crippen LogP contribution in [0, 0.1) is 5.82 Å². The SMILES string of the molecule is CCCCOC(=O)c1cn(C2CC2)c2cc(N3CCN(C(CC)Oc4ccc5c(c4)B(O)OC5)CC3)c(F)cc2c1=O. The number of hydrogen-bond donors (Lipinski definition) is 1. The van der Waals surface area contributed by atoms with Gasteiger partial charge >= 0.3 is 13.1 Å². The van der Waals surface area contributed by atoms with E-state index < -0.39 is 24.3 Å². The van der Waals surface area contributed by atoms with Crippen molar-refractivity contribution in [1.29, 1.82) is 0 Å². The molecule has 9 nitrogen and oxygen atoms in total. The number of pyridine rings is 1. The fourth-order valence-electron chi connectivity index (χ4n) is 5.88. The van der Waals surface area contributed by atoms with Gasteiger partial charge in [-0.15, -0.1) is 0 Å². The summed E-state index contributed by atoms with van der Waals surface area (Å²) in [6.07, 6.45) is 5.69. The number of ether oxygens (including phenoxy) is 2. The molecule has 11 heteroatoms. The van der Waals surface area contributed by atoms with Crippen LogP contribution in [0.25, 0.3) is 10.9 Å². The minimum Gasteiger partial charge on any atom is -0.475 e. The van der Waals surface area contributed by atoms with Crippen LogP contribution >= 0.6 is 0 Å². The first kappa shape index (κ1) is 28.7. The first-order chi connectivity index (χ1) is 20.4. The first-order valence-corrected chi connectivity index (χ1v) is 15.0. The van der Waals surface area contributed by atoms with E-state index in [0.29, 0.717) is 49.7 Å². The Morgan fingerprint density at radius 2 is 1.95 bits per heavy atom. The molecule has 0 bridgehead atoms. The van der Waals surface area contributed by atoms with Crippen LogP contribution < -0.4 is 20.5 Å². The monoisotopic (exact) mass is 577 g/mol. The number of halogens is 1. The predicted molar refractivity (Wildman–Crippen MR) is 159 cm³/mol. The summed E-state index contributed by atoms with van der Waals surface area (Å²) < 4.78 is 34.5. The number of nitrogens with zero attached hydrogens (tertiary/aromatic N) is 3. The summed E-state index contributed by atoms with van der Waals surface area (Å²) in [6.45, 7) is 7.24. The number of carbonyl (C=O) groups is 1. The fourth-order valence-corrected chi connectivity index (χ4v) is 5.88. The van der Waals surface area contributed by atoms with Gasteiger partial charge in [0.15, 0.2) is 6.23 Å². The molecule has 1 atom stereocenters. The summed E-state index contributed by atoms with van der Waals surface area (Å²) >= 11 is 0. The van der Waals surface area contributed by atoms with E-state index in [4.69, 9.17) is 14.1 Å². The third-order valence-electron chi connectivity index (χ3n) is 8.46. The highest BCUT2D eigenvalue weighted by Gasteiger charge is 2.31. The molecule has 1 unspecified atom stereocenters. The Labute approximate surface area is 244 Å². The molecule has 6 rings (SSSR count). The molecule has 3 aromatic rings. The van der Waals surface area contributed by atoms with E-state index in [0.717, 1.165) is 43.1 Å². The van der Waals surface area contributed by atoms with E-state index in [-0.39, 0.29) is 29.8 Å². The second-order valence-electron chi connectivity index (χ2n) is 11.3. The second kappa shape index (κ2) is 12.1. The van der Waals surface area contributed by atoms with Gasteiger partial charge in [-0.1, -0.05) is 26.3 Å². The summed E-state index contributed by atoms with van der Waals surface area (Å²) in [5, 5.41) is 10.3. The number of unbranched alkanes of at least 4 members (excludes halogenated alkanes) is 1. The molecular weight excluding hydrogens is 540 g/mol. The van der Waals surface area contributed by atoms with E-state index in [2.05, 4.69) is 11.8 Å². The fraction of sp³-hybridized carbons (Fsp3) is 0.484. The standard InChI is InChI=1S/C31H37BFN3O6/c1-3-5-14-40-31(38)24-18-36(21-7-8-21)27-17-28(26(33)16-23(27)30(24)37)34-10-12-35(13-11-34)29(4-2)42-22-9-6-20-19-41-32(39)25(20)15-22/h6,9,15-18,21,29,39H,3-5,7-8,10-14,19H2,1-2H3. The molecule has 3 aliphatic rings. The van der Waals surface area contributed by atoms with Gasteiger partial charge in [0.25, 0.3) is 0 Å². The van der Waals surface area contributed by atoms with Crippen molar-refractivity contribution in [3.05, 3.63) is 63.7 Å². The average Bonchev–Trinajstić information content (AvgIpc) is 3.78. The zero-order valence-corrected chi connectivity index (χ0v) is 24.2. The zero-order chi connectivity index (χ0) is 29.4. The molecule has 0 radical (unpaired) electrons. The Hall–Kier alpha value is -3.41. The van der Waals surface area contributed by atoms with Crippen LogP contribution in [-0.2, 0) is 16.0 Å². The largest absolute Gasteiger partial charge is 0.491 e. The summed E-state index contributed by atoms with van der Waals surface area (Å²) in [6, 6.07) is 8.89. The maximum absolute atomic E-state index is 15.6. The van der Waals surface area contributed by atoms with E-state index in [1.54, 1.807) is 12.3 Å². The zero-order valence-electron chi connectivity index (χ0n) is 24.2. The smallest absolute Gasteiger partial charge is 0.475 e. The maximum atomic E-state index is 15.6. The molecule has 1 N–H and O–H groups in total. The number of carbonyl (C=O) groups excluding carboxylic acids is 1. The highest BCUT2D eigenvalue weighted by molar-refractivity contribution is 6.61. The number of anilines is 1. The van der Waals surface area contributed by atoms with E-state index >= 15 is 4.39 Å². The Bertz CT molecular complexity index is 1540. The van der Waals surface area contributed by atoms with Crippen molar-refractivity contribution in [2.45, 2.75) is 64.8 Å². The molecule has 2 aromatic carbocycles. The maximum Gasteiger partial charge on any atom is 0.491 e. The number of aromatic nitrogens is 1. The van der Waals surface area contributed by atoms with Gasteiger partial charge in [-0.05, 0) is 61.0 Å². The second-order valence-corrected chi connectivity index (χ2v) is 11.3. The van der Waals surface area contributed by atoms with Gasteiger partial charge in [0.2, 0.25) is 5.43 Å². The predicted octanol–water partition coefficient (Wildman–Crippen LogP) is 3.59. The molecule has 42 heavy (non-hydrogen) atoms. The lowest BCUT2D eigenvalue weighted by molar-refractivity contribution is 0.0185. The summed E-state index contributed by atoms with van der Waals surface area (Å²) in [5.41, 5.74) is 2.27. The highest BCUT2D eigenvalue weighted by Crippen LogP contribution is 2.38. The first-order valence-electron chi connectivity index (χ1n) is 15.0. The molecule has 0 amide bonds. The molecule has 1 aliphatic carbocycles. The Morgan fingerprint density at radius 3 is 2.67 bits per heavy atom. The van der Waals surface area contributed by atoms with Crippen LogP contribution in [0.1, 0.15) is 67.9 Å². The van der Waals surface area contributed by atoms with Crippen LogP contribution in [0.4, 0.5) is 10.1 Å². The Kier molecular flexibility index (Phi) is 8.25. The molecule has 2 aliphatic heterocycles. The number of fused-ring (bicyclic) bond motifs is 2. The summed E-state index contributed by atoms with van der Waals surface area (Å²) in [7, 11) is -0.925. The van der Waals surface area contributed by atoms with Crippen LogP contribution in [0.5, 0.6) is 5.75 Å². The quantitative estimate of drug-likeness (QED) is 0.222. The number of benzene rings is 2. The highest BCUT2D eigenvalue weighted by atomic mass is 19.1. The Balaban J connectivity index is 1.19. The number of hydrogen-bond acceptors (Lipinski definition) is 8. The van der Waals surface area contributed by atoms with Gasteiger partial charge < -0.3 is 28.6 Å². The van der Waals surface area contributed by atoms with Gasteiger partial charge in [-0.3, -0.25) is 9.69 Å². The van der Waals surface area contributed by atoms with Crippen molar-refractivity contribution in [2.24, 2.45) is 0 Å². The van der Waals surface area contributed by atoms with Gasteiger partial charge in [0.05, 0.1) is 24.4 Å². The topological polar surface area (TPSA) is 93.5 Å². The van der Waals surface area contributed by atoms with Crippen molar-refractivity contribution < 1.29 is 28.3 Å². The molecule has 2 fully saturated rings. The van der Waals surface area contributed by atoms with Gasteiger partial charge in [0.1, 0.15) is 17.1 Å². The van der Waals surface area contributed by atoms with E-state index in [9.17, 15) is 14.6 Å². The number of piperazine rings is 1. The summed E-state index contributed by atoms with van der Waals surface area (Å²) in [5.74, 6) is -0.448. The van der Waals surface area contributed by atoms with Crippen LogP contribution in [0.3, 0.4) is 0 Å². The van der Waals surface area contributed by atoms with E-state index in [1.807, 2.05) is 34.6 Å². The lowest BCUT2D eigenvalue weighted by atomic mass is 9.79. The lowest BCUT2D eigenvalue weighted by Gasteiger charge is -2.40. The molecule has 1 saturated heterocycles. The summed E-state index contributed by atoms with van der Waals surface area (Å²) in [4.78, 5) is 30.2. The van der Waals surface area contributed by atoms with Gasteiger partial charge in [-0.25, -0.2) is 9.18 Å². The van der Waals surface area contributed by atoms with Crippen LogP contribution in [0.15, 0.2) is 41.3 Å². The van der Waals surface area contributed by atoms with Gasteiger partial charge in [-0.2, -0.15) is 0 Å². The number of esters is 1. The molecule has 1 aromatic heterocycles. The molecule has 1 saturated carbocycles. The Morgan fingerprint density at radius 1 is 1.17 bits per heavy atom. The third kappa shape index (κ3) is 5.65. The minimum atomic E-state index is -0.925. The average molecular weight is 577 g/mol. The van der Waals surface area contributed by atoms with Crippen molar-refractivity contribution in [2.75, 3.05) is 37.7 Å². The van der Waals surface area contributed by atoms with Crippen molar-refractivity contribution in [3.63, 3.8) is 0 Å². The normalized spacial score (nSPS) is 17.9. The van der Waals surface area contributed by atoms with Crippen LogP contribution in [-0.4, -0.2) is 66.6 Å². The van der Waals surface area contributed by atoms with Crippen LogP contribution in [0.2, 0.25) is 0 Å². The number of rotatable bonds is 10. The molecular formula is C31H37BFN3O6.